The van der Waals surface area contributed by atoms with Crippen LogP contribution in [-0.2, 0) is 6.42 Å². The summed E-state index contributed by atoms with van der Waals surface area (Å²) in [6.07, 6.45) is -1.32. The summed E-state index contributed by atoms with van der Waals surface area (Å²) in [5, 5.41) is 14.4. The lowest BCUT2D eigenvalue weighted by Gasteiger charge is -2.25. The highest BCUT2D eigenvalue weighted by molar-refractivity contribution is 8.00. The fraction of sp³-hybridized carbons (Fsp3) is 0.148. The number of fused-ring (bicyclic) bond motifs is 1. The van der Waals surface area contributed by atoms with Crippen LogP contribution in [0.2, 0.25) is 0 Å². The van der Waals surface area contributed by atoms with Gasteiger partial charge in [0.15, 0.2) is 0 Å². The number of thioether (sulfide) groups is 1. The van der Waals surface area contributed by atoms with Crippen LogP contribution in [0, 0.1) is 11.6 Å². The first-order chi connectivity index (χ1) is 17.1. The fourth-order valence-corrected chi connectivity index (χ4v) is 4.59. The Bertz CT molecular complexity index is 1370. The minimum atomic E-state index is -4.47. The predicted molar refractivity (Wildman–Crippen MR) is 129 cm³/mol. The highest BCUT2D eigenvalue weighted by Crippen LogP contribution is 2.37. The zero-order valence-corrected chi connectivity index (χ0v) is 19.4. The van der Waals surface area contributed by atoms with Crippen LogP contribution >= 0.6 is 11.8 Å². The number of carbonyl (C=O) groups excluding carboxylic acids is 1. The first-order valence-electron chi connectivity index (χ1n) is 10.9. The number of carbonyl (C=O) groups is 1. The predicted octanol–water partition coefficient (Wildman–Crippen LogP) is 6.80. The van der Waals surface area contributed by atoms with Gasteiger partial charge in [-0.2, -0.15) is 13.2 Å². The molecule has 9 heteroatoms. The second kappa shape index (κ2) is 10.7. The lowest BCUT2D eigenvalue weighted by atomic mass is 9.95. The fourth-order valence-electron chi connectivity index (χ4n) is 3.96. The Hall–Kier alpha value is -3.43. The van der Waals surface area contributed by atoms with Crippen molar-refractivity contribution in [2.24, 2.45) is 0 Å². The Balaban J connectivity index is 1.66. The largest absolute Gasteiger partial charge is 0.446 e. The smallest absolute Gasteiger partial charge is 0.386 e. The molecule has 2 unspecified atom stereocenters. The van der Waals surface area contributed by atoms with Gasteiger partial charge in [0.25, 0.3) is 5.91 Å². The zero-order chi connectivity index (χ0) is 25.9. The summed E-state index contributed by atoms with van der Waals surface area (Å²) in [6, 6.07) is 18.7. The van der Waals surface area contributed by atoms with Crippen molar-refractivity contribution in [1.82, 2.24) is 5.32 Å². The number of amides is 1. The van der Waals surface area contributed by atoms with Gasteiger partial charge >= 0.3 is 5.51 Å². The Kier molecular flexibility index (Phi) is 7.61. The summed E-state index contributed by atoms with van der Waals surface area (Å²) in [7, 11) is 0. The average Bonchev–Trinajstić information content (AvgIpc) is 2.83. The summed E-state index contributed by atoms with van der Waals surface area (Å²) in [4.78, 5) is 13.2. The molecule has 4 rings (SSSR count). The van der Waals surface area contributed by atoms with Crippen molar-refractivity contribution in [2.75, 3.05) is 0 Å². The molecule has 2 N–H and O–H groups in total. The van der Waals surface area contributed by atoms with Gasteiger partial charge in [0.05, 0.1) is 12.1 Å². The van der Waals surface area contributed by atoms with Gasteiger partial charge in [0.2, 0.25) is 0 Å². The molecule has 0 aliphatic carbocycles. The highest BCUT2D eigenvalue weighted by Gasteiger charge is 2.30. The van der Waals surface area contributed by atoms with Gasteiger partial charge in [-0.05, 0) is 71.1 Å². The molecule has 0 aliphatic rings. The van der Waals surface area contributed by atoms with E-state index in [1.54, 1.807) is 24.3 Å². The molecule has 1 amide bonds. The van der Waals surface area contributed by atoms with E-state index in [1.165, 1.54) is 48.5 Å². The van der Waals surface area contributed by atoms with Crippen molar-refractivity contribution in [2.45, 2.75) is 29.0 Å². The Labute approximate surface area is 208 Å². The Morgan fingerprint density at radius 2 is 1.58 bits per heavy atom. The summed E-state index contributed by atoms with van der Waals surface area (Å²) >= 11 is -0.265. The van der Waals surface area contributed by atoms with E-state index < -0.39 is 35.2 Å². The standard InChI is InChI=1S/C27H20F5NO2S/c28-18-10-8-17(9-11-18)25(34)24(15-16-4-3-5-19(14-16)36-27(30,31)32)33-26(35)22-12-13-23(29)21-7-2-1-6-20(21)22/h1-14,24-25,34H,15H2,(H,33,35). The lowest BCUT2D eigenvalue weighted by Crippen LogP contribution is -2.41. The van der Waals surface area contributed by atoms with Gasteiger partial charge in [-0.25, -0.2) is 8.78 Å². The molecule has 4 aromatic carbocycles. The molecule has 0 saturated carbocycles. The number of aliphatic hydroxyl groups is 1. The Morgan fingerprint density at radius 3 is 2.28 bits per heavy atom. The summed E-state index contributed by atoms with van der Waals surface area (Å²) in [5.74, 6) is -1.61. The maximum atomic E-state index is 14.2. The molecule has 0 fully saturated rings. The molecular formula is C27H20F5NO2S. The number of nitrogens with one attached hydrogen (secondary N) is 1. The molecule has 2 atom stereocenters. The van der Waals surface area contributed by atoms with E-state index in [1.807, 2.05) is 0 Å². The third-order valence-electron chi connectivity index (χ3n) is 5.61. The van der Waals surface area contributed by atoms with Gasteiger partial charge in [-0.1, -0.05) is 48.5 Å². The first-order valence-corrected chi connectivity index (χ1v) is 11.7. The van der Waals surface area contributed by atoms with Crippen LogP contribution in [0.5, 0.6) is 0 Å². The minimum Gasteiger partial charge on any atom is -0.386 e. The molecule has 0 bridgehead atoms. The van der Waals surface area contributed by atoms with Crippen molar-refractivity contribution >= 4 is 28.4 Å². The molecule has 0 saturated heterocycles. The van der Waals surface area contributed by atoms with Crippen LogP contribution in [0.1, 0.15) is 27.6 Å². The monoisotopic (exact) mass is 517 g/mol. The van der Waals surface area contributed by atoms with Crippen molar-refractivity contribution in [3.63, 3.8) is 0 Å². The van der Waals surface area contributed by atoms with Gasteiger partial charge in [0.1, 0.15) is 11.6 Å². The number of rotatable bonds is 7. The van der Waals surface area contributed by atoms with E-state index in [0.29, 0.717) is 16.5 Å². The number of hydrogen-bond donors (Lipinski definition) is 2. The Morgan fingerprint density at radius 1 is 0.889 bits per heavy atom. The van der Waals surface area contributed by atoms with Crippen LogP contribution < -0.4 is 5.32 Å². The van der Waals surface area contributed by atoms with Crippen molar-refractivity contribution < 1.29 is 31.9 Å². The number of alkyl halides is 3. The van der Waals surface area contributed by atoms with Crippen LogP contribution in [0.3, 0.4) is 0 Å². The molecule has 0 radical (unpaired) electrons. The number of halogens is 5. The molecule has 0 spiro atoms. The van der Waals surface area contributed by atoms with E-state index in [9.17, 15) is 31.9 Å². The third-order valence-corrected chi connectivity index (χ3v) is 6.33. The van der Waals surface area contributed by atoms with E-state index in [0.717, 1.165) is 12.1 Å². The average molecular weight is 518 g/mol. The SMILES string of the molecule is O=C(NC(Cc1cccc(SC(F)(F)F)c1)C(O)c1ccc(F)cc1)c1ccc(F)c2ccccc12. The van der Waals surface area contributed by atoms with E-state index in [-0.39, 0.29) is 34.0 Å². The third kappa shape index (κ3) is 6.22. The van der Waals surface area contributed by atoms with Crippen molar-refractivity contribution in [3.05, 3.63) is 113 Å². The normalized spacial score (nSPS) is 13.4. The van der Waals surface area contributed by atoms with Crippen LogP contribution in [0.15, 0.2) is 89.8 Å². The summed E-state index contributed by atoms with van der Waals surface area (Å²) in [6.45, 7) is 0. The highest BCUT2D eigenvalue weighted by atomic mass is 32.2. The summed E-state index contributed by atoms with van der Waals surface area (Å²) in [5.41, 5.74) is -3.54. The van der Waals surface area contributed by atoms with E-state index in [4.69, 9.17) is 0 Å². The van der Waals surface area contributed by atoms with Crippen molar-refractivity contribution in [1.29, 1.82) is 0 Å². The van der Waals surface area contributed by atoms with Gasteiger partial charge in [-0.15, -0.1) is 0 Å². The number of benzene rings is 4. The first kappa shape index (κ1) is 25.7. The molecule has 0 aromatic heterocycles. The van der Waals surface area contributed by atoms with Gasteiger partial charge in [-0.3, -0.25) is 4.79 Å². The molecule has 0 heterocycles. The molecule has 186 valence electrons. The molecular weight excluding hydrogens is 497 g/mol. The van der Waals surface area contributed by atoms with Crippen LogP contribution in [0.25, 0.3) is 10.8 Å². The second-order valence-corrected chi connectivity index (χ2v) is 9.25. The lowest BCUT2D eigenvalue weighted by molar-refractivity contribution is -0.0328. The molecule has 4 aromatic rings. The molecule has 0 aliphatic heterocycles. The maximum Gasteiger partial charge on any atom is 0.446 e. The number of aliphatic hydroxyl groups excluding tert-OH is 1. The summed E-state index contributed by atoms with van der Waals surface area (Å²) < 4.78 is 66.2. The second-order valence-electron chi connectivity index (χ2n) is 8.12. The van der Waals surface area contributed by atoms with Crippen LogP contribution in [-0.4, -0.2) is 22.6 Å². The topological polar surface area (TPSA) is 49.3 Å². The quantitative estimate of drug-likeness (QED) is 0.209. The van der Waals surface area contributed by atoms with E-state index >= 15 is 0 Å². The number of hydrogen-bond acceptors (Lipinski definition) is 3. The molecule has 3 nitrogen and oxygen atoms in total. The zero-order valence-electron chi connectivity index (χ0n) is 18.6. The maximum absolute atomic E-state index is 14.2. The van der Waals surface area contributed by atoms with E-state index in [2.05, 4.69) is 5.32 Å². The van der Waals surface area contributed by atoms with Crippen molar-refractivity contribution in [3.8, 4) is 0 Å². The minimum absolute atomic E-state index is 0.0182. The van der Waals surface area contributed by atoms with Gasteiger partial charge in [0, 0.05) is 15.8 Å². The van der Waals surface area contributed by atoms with Crippen LogP contribution in [0.4, 0.5) is 22.0 Å². The molecule has 36 heavy (non-hydrogen) atoms. The van der Waals surface area contributed by atoms with Gasteiger partial charge < -0.3 is 10.4 Å².